The summed E-state index contributed by atoms with van der Waals surface area (Å²) in [5, 5.41) is 0. The molecule has 2 saturated heterocycles. The lowest BCUT2D eigenvalue weighted by atomic mass is 9.81. The first-order chi connectivity index (χ1) is 11.6. The lowest BCUT2D eigenvalue weighted by molar-refractivity contribution is -0.131. The van der Waals surface area contributed by atoms with Gasteiger partial charge in [0.2, 0.25) is 11.8 Å². The van der Waals surface area contributed by atoms with E-state index in [9.17, 15) is 22.0 Å². The van der Waals surface area contributed by atoms with E-state index in [-0.39, 0.29) is 42.5 Å². The Hall–Kier alpha value is -0.760. The van der Waals surface area contributed by atoms with Gasteiger partial charge in [-0.25, -0.2) is 17.2 Å². The Morgan fingerprint density at radius 3 is 2.52 bits per heavy atom. The third-order valence-electron chi connectivity index (χ3n) is 6.06. The fraction of sp³-hybridized carbons (Fsp3) is 0.941. The molecule has 144 valence electrons. The van der Waals surface area contributed by atoms with E-state index in [1.54, 1.807) is 4.90 Å². The van der Waals surface area contributed by atoms with Crippen LogP contribution in [0.4, 0.5) is 8.78 Å². The van der Waals surface area contributed by atoms with Crippen LogP contribution in [-0.4, -0.2) is 73.8 Å². The van der Waals surface area contributed by atoms with Crippen LogP contribution in [0.25, 0.3) is 0 Å². The molecule has 1 aliphatic carbocycles. The fourth-order valence-corrected chi connectivity index (χ4v) is 5.22. The standard InChI is InChI=1S/C17H28F2N2O3S/c1-25(23,24)10-9-21-15(22)3-5-16(21)4-2-7-20(8-6-16)13-14-11-17(18,19)12-14/h14H,2-13H2,1H3. The highest BCUT2D eigenvalue weighted by atomic mass is 32.2. The zero-order valence-electron chi connectivity index (χ0n) is 14.8. The number of likely N-dealkylation sites (tertiary alicyclic amines) is 2. The van der Waals surface area contributed by atoms with E-state index < -0.39 is 15.8 Å². The first-order valence-corrected chi connectivity index (χ1v) is 11.2. The lowest BCUT2D eigenvalue weighted by Crippen LogP contribution is -2.48. The Bertz CT molecular complexity index is 617. The van der Waals surface area contributed by atoms with Gasteiger partial charge in [-0.15, -0.1) is 0 Å². The molecule has 2 aliphatic heterocycles. The second-order valence-electron chi connectivity index (χ2n) is 8.18. The number of carbonyl (C=O) groups is 1. The van der Waals surface area contributed by atoms with Gasteiger partial charge in [-0.2, -0.15) is 0 Å². The van der Waals surface area contributed by atoms with Crippen LogP contribution in [0.15, 0.2) is 0 Å². The number of rotatable bonds is 5. The molecule has 3 aliphatic rings. The highest BCUT2D eigenvalue weighted by Gasteiger charge is 2.48. The van der Waals surface area contributed by atoms with Crippen molar-refractivity contribution in [2.24, 2.45) is 5.92 Å². The lowest BCUT2D eigenvalue weighted by Gasteiger charge is -2.39. The summed E-state index contributed by atoms with van der Waals surface area (Å²) in [7, 11) is -3.11. The molecule has 25 heavy (non-hydrogen) atoms. The van der Waals surface area contributed by atoms with Gasteiger partial charge < -0.3 is 9.80 Å². The van der Waals surface area contributed by atoms with E-state index in [1.807, 2.05) is 0 Å². The predicted octanol–water partition coefficient (Wildman–Crippen LogP) is 1.92. The van der Waals surface area contributed by atoms with Gasteiger partial charge in [0.25, 0.3) is 0 Å². The maximum Gasteiger partial charge on any atom is 0.248 e. The monoisotopic (exact) mass is 378 g/mol. The molecule has 0 radical (unpaired) electrons. The highest BCUT2D eigenvalue weighted by Crippen LogP contribution is 2.44. The second-order valence-corrected chi connectivity index (χ2v) is 10.4. The Morgan fingerprint density at radius 2 is 1.88 bits per heavy atom. The molecule has 3 fully saturated rings. The molecule has 2 heterocycles. The molecule has 0 N–H and O–H groups in total. The van der Waals surface area contributed by atoms with Gasteiger partial charge in [0.15, 0.2) is 0 Å². The van der Waals surface area contributed by atoms with Crippen LogP contribution in [0.3, 0.4) is 0 Å². The summed E-state index contributed by atoms with van der Waals surface area (Å²) in [4.78, 5) is 16.4. The molecule has 0 aromatic carbocycles. The molecule has 1 saturated carbocycles. The maximum atomic E-state index is 13.0. The Balaban J connectivity index is 1.59. The van der Waals surface area contributed by atoms with Gasteiger partial charge in [-0.1, -0.05) is 0 Å². The van der Waals surface area contributed by atoms with Crippen LogP contribution >= 0.6 is 0 Å². The Labute approximate surface area is 148 Å². The average molecular weight is 378 g/mol. The van der Waals surface area contributed by atoms with E-state index in [1.165, 1.54) is 6.26 Å². The van der Waals surface area contributed by atoms with Crippen LogP contribution in [-0.2, 0) is 14.6 Å². The normalized spacial score (nSPS) is 31.3. The van der Waals surface area contributed by atoms with Crippen LogP contribution < -0.4 is 0 Å². The summed E-state index contributed by atoms with van der Waals surface area (Å²) >= 11 is 0. The van der Waals surface area contributed by atoms with Gasteiger partial charge in [0.05, 0.1) is 5.75 Å². The molecule has 1 spiro atoms. The maximum absolute atomic E-state index is 13.0. The minimum atomic E-state index is -3.11. The third kappa shape index (κ3) is 4.51. The van der Waals surface area contributed by atoms with Crippen molar-refractivity contribution in [3.8, 4) is 0 Å². The summed E-state index contributed by atoms with van der Waals surface area (Å²) in [5.41, 5.74) is -0.236. The number of carbonyl (C=O) groups excluding carboxylic acids is 1. The van der Waals surface area contributed by atoms with Gasteiger partial charge in [0.1, 0.15) is 9.84 Å². The predicted molar refractivity (Wildman–Crippen MR) is 91.4 cm³/mol. The molecule has 5 nitrogen and oxygen atoms in total. The van der Waals surface area contributed by atoms with Crippen molar-refractivity contribution in [3.63, 3.8) is 0 Å². The second kappa shape index (κ2) is 6.76. The van der Waals surface area contributed by atoms with Crippen molar-refractivity contribution in [2.45, 2.75) is 56.4 Å². The first kappa shape index (κ1) is 19.0. The summed E-state index contributed by atoms with van der Waals surface area (Å²) in [6.45, 7) is 2.65. The number of sulfone groups is 1. The van der Waals surface area contributed by atoms with Gasteiger partial charge in [-0.05, 0) is 38.1 Å². The van der Waals surface area contributed by atoms with E-state index in [0.29, 0.717) is 13.0 Å². The zero-order valence-corrected chi connectivity index (χ0v) is 15.7. The summed E-state index contributed by atoms with van der Waals surface area (Å²) in [5.74, 6) is -2.34. The third-order valence-corrected chi connectivity index (χ3v) is 6.99. The summed E-state index contributed by atoms with van der Waals surface area (Å²) in [6.07, 6.45) is 5.06. The molecule has 8 heteroatoms. The number of halogens is 2. The van der Waals surface area contributed by atoms with Crippen LogP contribution in [0, 0.1) is 5.92 Å². The van der Waals surface area contributed by atoms with Gasteiger partial charge in [0, 0.05) is 50.7 Å². The number of amides is 1. The van der Waals surface area contributed by atoms with Crippen molar-refractivity contribution >= 4 is 15.7 Å². The SMILES string of the molecule is CS(=O)(=O)CCN1C(=O)CCC12CCCN(CC1CC(F)(F)C1)CC2. The number of nitrogens with zero attached hydrogens (tertiary/aromatic N) is 2. The van der Waals surface area contributed by atoms with Crippen molar-refractivity contribution in [1.82, 2.24) is 9.80 Å². The zero-order chi connectivity index (χ0) is 18.3. The van der Waals surface area contributed by atoms with E-state index in [0.717, 1.165) is 38.8 Å². The molecule has 3 rings (SSSR count). The summed E-state index contributed by atoms with van der Waals surface area (Å²) in [6, 6.07) is 0. The van der Waals surface area contributed by atoms with Crippen molar-refractivity contribution < 1.29 is 22.0 Å². The minimum Gasteiger partial charge on any atom is -0.336 e. The molecular weight excluding hydrogens is 350 g/mol. The average Bonchev–Trinajstić information content (AvgIpc) is 2.63. The van der Waals surface area contributed by atoms with Crippen LogP contribution in [0.2, 0.25) is 0 Å². The Kier molecular flexibility index (Phi) is 5.14. The van der Waals surface area contributed by atoms with Crippen LogP contribution in [0.5, 0.6) is 0 Å². The molecule has 0 bridgehead atoms. The molecular formula is C17H28F2N2O3S. The van der Waals surface area contributed by atoms with Crippen molar-refractivity contribution in [1.29, 1.82) is 0 Å². The molecule has 1 atom stereocenters. The molecule has 0 aromatic heterocycles. The van der Waals surface area contributed by atoms with E-state index in [4.69, 9.17) is 0 Å². The van der Waals surface area contributed by atoms with E-state index >= 15 is 0 Å². The van der Waals surface area contributed by atoms with Crippen molar-refractivity contribution in [2.75, 3.05) is 38.2 Å². The topological polar surface area (TPSA) is 57.7 Å². The van der Waals surface area contributed by atoms with Gasteiger partial charge >= 0.3 is 0 Å². The smallest absolute Gasteiger partial charge is 0.248 e. The van der Waals surface area contributed by atoms with Crippen LogP contribution in [0.1, 0.15) is 44.9 Å². The first-order valence-electron chi connectivity index (χ1n) is 9.17. The highest BCUT2D eigenvalue weighted by molar-refractivity contribution is 7.90. The Morgan fingerprint density at radius 1 is 1.16 bits per heavy atom. The largest absolute Gasteiger partial charge is 0.336 e. The molecule has 1 unspecified atom stereocenters. The quantitative estimate of drug-likeness (QED) is 0.733. The minimum absolute atomic E-state index is 0.00135. The number of hydrogen-bond acceptors (Lipinski definition) is 4. The van der Waals surface area contributed by atoms with E-state index in [2.05, 4.69) is 4.90 Å². The number of hydrogen-bond donors (Lipinski definition) is 0. The fourth-order valence-electron chi connectivity index (χ4n) is 4.71. The molecule has 0 aromatic rings. The summed E-state index contributed by atoms with van der Waals surface area (Å²) < 4.78 is 49.0. The number of alkyl halides is 2. The van der Waals surface area contributed by atoms with Crippen molar-refractivity contribution in [3.05, 3.63) is 0 Å². The van der Waals surface area contributed by atoms with Gasteiger partial charge in [-0.3, -0.25) is 4.79 Å². The molecule has 1 amide bonds.